The van der Waals surface area contributed by atoms with Gasteiger partial charge in [0, 0.05) is 13.1 Å². The van der Waals surface area contributed by atoms with Gasteiger partial charge in [-0.1, -0.05) is 0 Å². The average Bonchev–Trinajstić information content (AvgIpc) is 2.75. The fraction of sp³-hybridized carbons (Fsp3) is 0.700. The van der Waals surface area contributed by atoms with E-state index in [1.807, 2.05) is 0 Å². The van der Waals surface area contributed by atoms with Crippen LogP contribution in [0, 0.1) is 0 Å². The van der Waals surface area contributed by atoms with E-state index in [-0.39, 0.29) is 11.8 Å². The van der Waals surface area contributed by atoms with Gasteiger partial charge in [-0.2, -0.15) is 0 Å². The third-order valence-electron chi connectivity index (χ3n) is 2.52. The number of hydrogen-bond acceptors (Lipinski definition) is 6. The van der Waals surface area contributed by atoms with Crippen LogP contribution in [0.25, 0.3) is 0 Å². The summed E-state index contributed by atoms with van der Waals surface area (Å²) in [7, 11) is 0. The minimum Gasteiger partial charge on any atom is -0.862 e. The Labute approximate surface area is 99.3 Å². The number of aromatic nitrogens is 2. The molecule has 0 atom stereocenters. The van der Waals surface area contributed by atoms with Gasteiger partial charge in [0.1, 0.15) is 0 Å². The first-order valence-corrected chi connectivity index (χ1v) is 5.63. The van der Waals surface area contributed by atoms with Crippen LogP contribution >= 0.6 is 0 Å². The largest absolute Gasteiger partial charge is 0.862 e. The van der Waals surface area contributed by atoms with Gasteiger partial charge in [0.25, 0.3) is 6.20 Å². The summed E-state index contributed by atoms with van der Waals surface area (Å²) in [6, 6.07) is 0. The molecule has 0 bridgehead atoms. The van der Waals surface area contributed by atoms with E-state index >= 15 is 0 Å². The summed E-state index contributed by atoms with van der Waals surface area (Å²) in [6.45, 7) is 6.45. The molecule has 2 heterocycles. The molecule has 94 valence electrons. The van der Waals surface area contributed by atoms with Crippen LogP contribution in [0.1, 0.15) is 6.92 Å². The van der Waals surface area contributed by atoms with Gasteiger partial charge in [-0.15, -0.1) is 0 Å². The van der Waals surface area contributed by atoms with Crippen LogP contribution in [0.5, 0.6) is 0 Å². The van der Waals surface area contributed by atoms with Crippen LogP contribution in [0.3, 0.4) is 0 Å². The standard InChI is InChI=1S/C10H16N4O3/c1-9(15)11-10-8-14(12-17-10)3-2-13-4-6-16-7-5-13/h8H,2-7H2,1H3. The fourth-order valence-electron chi connectivity index (χ4n) is 1.65. The Bertz CT molecular complexity index is 381. The third kappa shape index (κ3) is 3.79. The Balaban J connectivity index is 1.82. The molecule has 0 spiro atoms. The number of aliphatic imine (C=N–C) groups is 1. The maximum absolute atomic E-state index is 10.7. The Morgan fingerprint density at radius 1 is 1.59 bits per heavy atom. The van der Waals surface area contributed by atoms with Crippen molar-refractivity contribution in [1.29, 1.82) is 0 Å². The molecule has 2 rings (SSSR count). The van der Waals surface area contributed by atoms with Crippen LogP contribution < -0.4 is 9.79 Å². The van der Waals surface area contributed by atoms with Gasteiger partial charge in [-0.25, -0.2) is 4.99 Å². The molecule has 0 radical (unpaired) electrons. The van der Waals surface area contributed by atoms with Crippen molar-refractivity contribution >= 4 is 11.8 Å². The number of morpholine rings is 1. The zero-order valence-electron chi connectivity index (χ0n) is 9.83. The highest BCUT2D eigenvalue weighted by atomic mass is 16.5. The Morgan fingerprint density at radius 2 is 2.35 bits per heavy atom. The zero-order chi connectivity index (χ0) is 12.1. The van der Waals surface area contributed by atoms with Gasteiger partial charge in [0.05, 0.1) is 19.8 Å². The van der Waals surface area contributed by atoms with Crippen molar-refractivity contribution in [3.8, 4) is 0 Å². The molecule has 7 heteroatoms. The van der Waals surface area contributed by atoms with E-state index in [1.165, 1.54) is 6.92 Å². The highest BCUT2D eigenvalue weighted by molar-refractivity contribution is 5.70. The lowest BCUT2D eigenvalue weighted by Gasteiger charge is -2.24. The lowest BCUT2D eigenvalue weighted by molar-refractivity contribution is -0.761. The van der Waals surface area contributed by atoms with Crippen LogP contribution in [0.15, 0.2) is 15.7 Å². The molecule has 17 heavy (non-hydrogen) atoms. The molecule has 1 aliphatic rings. The van der Waals surface area contributed by atoms with Gasteiger partial charge in [-0.3, -0.25) is 9.42 Å². The monoisotopic (exact) mass is 240 g/mol. The molecule has 0 aromatic carbocycles. The SMILES string of the molecule is C/C([O-])=N/c1c[n+](CCN2CCOCC2)no1. The Kier molecular flexibility index (Phi) is 4.05. The molecule has 1 aliphatic heterocycles. The predicted molar refractivity (Wildman–Crippen MR) is 56.7 cm³/mol. The summed E-state index contributed by atoms with van der Waals surface area (Å²) in [5.74, 6) is -0.0408. The van der Waals surface area contributed by atoms with Crippen LogP contribution in [0.2, 0.25) is 0 Å². The minimum atomic E-state index is -0.290. The third-order valence-corrected chi connectivity index (χ3v) is 2.52. The number of rotatable bonds is 4. The minimum absolute atomic E-state index is 0.250. The molecule has 0 amide bonds. The van der Waals surface area contributed by atoms with E-state index in [4.69, 9.17) is 9.26 Å². The summed E-state index contributed by atoms with van der Waals surface area (Å²) in [6.07, 6.45) is 1.63. The first-order valence-electron chi connectivity index (χ1n) is 5.63. The highest BCUT2D eigenvalue weighted by Crippen LogP contribution is 2.05. The van der Waals surface area contributed by atoms with E-state index in [0.29, 0.717) is 0 Å². The Hall–Kier alpha value is -1.47. The average molecular weight is 240 g/mol. The number of hydrogen-bond donors (Lipinski definition) is 0. The fourth-order valence-corrected chi connectivity index (χ4v) is 1.65. The molecule has 7 nitrogen and oxygen atoms in total. The van der Waals surface area contributed by atoms with Crippen molar-refractivity contribution in [2.45, 2.75) is 13.5 Å². The Morgan fingerprint density at radius 3 is 3.06 bits per heavy atom. The molecule has 1 fully saturated rings. The molecule has 1 saturated heterocycles. The van der Waals surface area contributed by atoms with Gasteiger partial charge in [0.15, 0.2) is 6.54 Å². The first-order chi connectivity index (χ1) is 8.24. The molecule has 0 N–H and O–H groups in total. The predicted octanol–water partition coefficient (Wildman–Crippen LogP) is -1.30. The lowest BCUT2D eigenvalue weighted by Crippen LogP contribution is -2.45. The van der Waals surface area contributed by atoms with Crippen molar-refractivity contribution in [1.82, 2.24) is 10.2 Å². The molecule has 0 unspecified atom stereocenters. The van der Waals surface area contributed by atoms with Crippen LogP contribution in [-0.2, 0) is 11.3 Å². The summed E-state index contributed by atoms with van der Waals surface area (Å²) < 4.78 is 11.8. The molecule has 0 saturated carbocycles. The van der Waals surface area contributed by atoms with Crippen molar-refractivity contribution in [2.75, 3.05) is 32.8 Å². The van der Waals surface area contributed by atoms with Crippen molar-refractivity contribution in [3.05, 3.63) is 6.20 Å². The summed E-state index contributed by atoms with van der Waals surface area (Å²) in [5.41, 5.74) is 0. The zero-order valence-corrected chi connectivity index (χ0v) is 9.83. The second kappa shape index (κ2) is 5.74. The quantitative estimate of drug-likeness (QED) is 0.371. The summed E-state index contributed by atoms with van der Waals surface area (Å²) in [4.78, 5) is 5.95. The van der Waals surface area contributed by atoms with E-state index < -0.39 is 0 Å². The molecular formula is C10H16N4O3. The second-order valence-electron chi connectivity index (χ2n) is 3.89. The smallest absolute Gasteiger partial charge is 0.320 e. The molecule has 1 aromatic rings. The van der Waals surface area contributed by atoms with Gasteiger partial charge in [0.2, 0.25) is 5.27 Å². The van der Waals surface area contributed by atoms with E-state index in [9.17, 15) is 5.11 Å². The molecule has 0 aliphatic carbocycles. The van der Waals surface area contributed by atoms with E-state index in [2.05, 4.69) is 15.2 Å². The molecule has 1 aromatic heterocycles. The normalized spacial score (nSPS) is 18.5. The van der Waals surface area contributed by atoms with Gasteiger partial charge in [-0.05, 0) is 17.5 Å². The van der Waals surface area contributed by atoms with Gasteiger partial charge < -0.3 is 9.84 Å². The second-order valence-corrected chi connectivity index (χ2v) is 3.89. The maximum Gasteiger partial charge on any atom is 0.320 e. The van der Waals surface area contributed by atoms with Crippen molar-refractivity contribution < 1.29 is 19.0 Å². The van der Waals surface area contributed by atoms with Gasteiger partial charge >= 0.3 is 5.88 Å². The summed E-state index contributed by atoms with van der Waals surface area (Å²) >= 11 is 0. The maximum atomic E-state index is 10.7. The first kappa shape index (κ1) is 12.0. The highest BCUT2D eigenvalue weighted by Gasteiger charge is 2.15. The van der Waals surface area contributed by atoms with Crippen LogP contribution in [-0.4, -0.2) is 48.9 Å². The van der Waals surface area contributed by atoms with Crippen molar-refractivity contribution in [2.24, 2.45) is 4.99 Å². The lowest BCUT2D eigenvalue weighted by atomic mass is 10.4. The number of ether oxygens (including phenoxy) is 1. The van der Waals surface area contributed by atoms with Crippen LogP contribution in [0.4, 0.5) is 5.88 Å². The number of nitrogens with zero attached hydrogens (tertiary/aromatic N) is 4. The molecular weight excluding hydrogens is 224 g/mol. The van der Waals surface area contributed by atoms with E-state index in [1.54, 1.807) is 10.9 Å². The summed E-state index contributed by atoms with van der Waals surface area (Å²) in [5, 5.41) is 14.5. The van der Waals surface area contributed by atoms with Crippen molar-refractivity contribution in [3.63, 3.8) is 0 Å². The van der Waals surface area contributed by atoms with E-state index in [0.717, 1.165) is 39.4 Å². The topological polar surface area (TPSA) is 77.8 Å².